The van der Waals surface area contributed by atoms with Gasteiger partial charge in [-0.2, -0.15) is 0 Å². The number of methoxy groups -OCH3 is 1. The molecule has 4 aliphatic carbocycles. The largest absolute Gasteiger partial charge is 0.469 e. The van der Waals surface area contributed by atoms with E-state index in [2.05, 4.69) is 20.8 Å². The second-order valence-electron chi connectivity index (χ2n) is 10.6. The molecule has 4 heteroatoms. The Bertz CT molecular complexity index is 644. The number of Topliss-reactive ketones (excluding diaryl/α,β-unsaturated/α-hetero) is 1. The third-order valence-corrected chi connectivity index (χ3v) is 9.32. The number of esters is 1. The van der Waals surface area contributed by atoms with Gasteiger partial charge in [0.05, 0.1) is 12.5 Å². The number of carbonyl (C=O) groups is 2. The molecule has 0 saturated heterocycles. The number of aliphatic hydroxyl groups is 1. The first-order valence-corrected chi connectivity index (χ1v) is 10.4. The number of hydrogen-bond acceptors (Lipinski definition) is 4. The second-order valence-corrected chi connectivity index (χ2v) is 10.6. The molecule has 4 fully saturated rings. The summed E-state index contributed by atoms with van der Waals surface area (Å²) in [5, 5.41) is 10.6. The maximum absolute atomic E-state index is 12.7. The Labute approximate surface area is 157 Å². The molecule has 0 radical (unpaired) electrons. The van der Waals surface area contributed by atoms with Gasteiger partial charge in [-0.1, -0.05) is 20.3 Å². The van der Waals surface area contributed by atoms with Crippen molar-refractivity contribution in [1.29, 1.82) is 0 Å². The third kappa shape index (κ3) is 2.17. The monoisotopic (exact) mass is 362 g/mol. The number of aliphatic hydroxyl groups excluding tert-OH is 1. The Balaban J connectivity index is 1.74. The molecule has 4 saturated carbocycles. The van der Waals surface area contributed by atoms with Crippen molar-refractivity contribution in [3.8, 4) is 0 Å². The van der Waals surface area contributed by atoms with Crippen LogP contribution in [0.5, 0.6) is 0 Å². The average Bonchev–Trinajstić information content (AvgIpc) is 2.58. The van der Waals surface area contributed by atoms with Crippen molar-refractivity contribution in [2.45, 2.75) is 84.7 Å². The summed E-state index contributed by atoms with van der Waals surface area (Å²) in [6.07, 6.45) is 7.86. The first-order chi connectivity index (χ1) is 12.1. The maximum atomic E-state index is 12.7. The zero-order valence-corrected chi connectivity index (χ0v) is 16.8. The smallest absolute Gasteiger partial charge is 0.311 e. The van der Waals surface area contributed by atoms with Gasteiger partial charge in [0, 0.05) is 5.41 Å². The molecule has 1 N–H and O–H groups in total. The van der Waals surface area contributed by atoms with E-state index in [0.29, 0.717) is 18.3 Å². The third-order valence-electron chi connectivity index (χ3n) is 9.32. The molecule has 26 heavy (non-hydrogen) atoms. The van der Waals surface area contributed by atoms with E-state index < -0.39 is 11.5 Å². The molecule has 0 aromatic rings. The average molecular weight is 363 g/mol. The Morgan fingerprint density at radius 2 is 1.77 bits per heavy atom. The van der Waals surface area contributed by atoms with E-state index >= 15 is 0 Å². The molecule has 0 aromatic carbocycles. The highest BCUT2D eigenvalue weighted by molar-refractivity contribution is 5.89. The number of ketones is 1. The standard InChI is InChI=1S/C22H34O4/c1-19-10-6-16-20(2)8-5-9-21(3,18(25)26-4)15(20)7-11-22(16,13-19)12-14(23)17(19)24/h14-16,23H,5-13H2,1-4H3/t14?,15-,16-,19-,20+,21+,22-/m0/s1. The van der Waals surface area contributed by atoms with Crippen molar-refractivity contribution in [2.75, 3.05) is 7.11 Å². The summed E-state index contributed by atoms with van der Waals surface area (Å²) in [6.45, 7) is 6.59. The van der Waals surface area contributed by atoms with Gasteiger partial charge in [0.2, 0.25) is 0 Å². The number of fused-ring (bicyclic) bond motifs is 3. The van der Waals surface area contributed by atoms with Crippen LogP contribution in [0.4, 0.5) is 0 Å². The minimum Gasteiger partial charge on any atom is -0.469 e. The molecule has 0 aromatic heterocycles. The van der Waals surface area contributed by atoms with E-state index in [0.717, 1.165) is 51.4 Å². The number of rotatable bonds is 1. The van der Waals surface area contributed by atoms with Crippen molar-refractivity contribution in [3.63, 3.8) is 0 Å². The van der Waals surface area contributed by atoms with Crippen molar-refractivity contribution < 1.29 is 19.4 Å². The zero-order valence-electron chi connectivity index (χ0n) is 16.8. The van der Waals surface area contributed by atoms with Gasteiger partial charge in [0.1, 0.15) is 6.10 Å². The fourth-order valence-corrected chi connectivity index (χ4v) is 8.34. The lowest BCUT2D eigenvalue weighted by Gasteiger charge is -2.67. The van der Waals surface area contributed by atoms with Crippen molar-refractivity contribution >= 4 is 11.8 Å². The quantitative estimate of drug-likeness (QED) is 0.719. The van der Waals surface area contributed by atoms with Crippen molar-refractivity contribution in [1.82, 2.24) is 0 Å². The van der Waals surface area contributed by atoms with E-state index in [-0.39, 0.29) is 28.0 Å². The Kier molecular flexibility index (Phi) is 3.95. The molecule has 4 nitrogen and oxygen atoms in total. The lowest BCUT2D eigenvalue weighted by atomic mass is 9.36. The van der Waals surface area contributed by atoms with E-state index in [1.165, 1.54) is 7.11 Å². The van der Waals surface area contributed by atoms with Crippen LogP contribution in [0.3, 0.4) is 0 Å². The van der Waals surface area contributed by atoms with Gasteiger partial charge in [-0.05, 0) is 81.0 Å². The lowest BCUT2D eigenvalue weighted by molar-refractivity contribution is -0.208. The first-order valence-electron chi connectivity index (χ1n) is 10.4. The summed E-state index contributed by atoms with van der Waals surface area (Å²) >= 11 is 0. The number of hydrogen-bond donors (Lipinski definition) is 1. The highest BCUT2D eigenvalue weighted by Crippen LogP contribution is 2.71. The van der Waals surface area contributed by atoms with Crippen LogP contribution in [0.15, 0.2) is 0 Å². The fourth-order valence-electron chi connectivity index (χ4n) is 8.34. The highest BCUT2D eigenvalue weighted by atomic mass is 16.5. The maximum Gasteiger partial charge on any atom is 0.311 e. The molecule has 7 atom stereocenters. The molecule has 0 aliphatic heterocycles. The summed E-state index contributed by atoms with van der Waals surface area (Å²) in [5.74, 6) is 0.848. The summed E-state index contributed by atoms with van der Waals surface area (Å²) < 4.78 is 5.23. The molecule has 0 heterocycles. The molecule has 1 unspecified atom stereocenters. The molecule has 0 amide bonds. The number of carbonyl (C=O) groups excluding carboxylic acids is 2. The Hall–Kier alpha value is -0.900. The molecule has 1 spiro atoms. The summed E-state index contributed by atoms with van der Waals surface area (Å²) in [5.41, 5.74) is -0.578. The van der Waals surface area contributed by atoms with Crippen molar-refractivity contribution in [3.05, 3.63) is 0 Å². The molecule has 146 valence electrons. The van der Waals surface area contributed by atoms with Gasteiger partial charge in [-0.15, -0.1) is 0 Å². The minimum atomic E-state index is -0.799. The summed E-state index contributed by atoms with van der Waals surface area (Å²) in [6, 6.07) is 0. The van der Waals surface area contributed by atoms with Crippen molar-refractivity contribution in [2.24, 2.45) is 33.5 Å². The van der Waals surface area contributed by atoms with E-state index in [1.54, 1.807) is 0 Å². The van der Waals surface area contributed by atoms with Gasteiger partial charge < -0.3 is 9.84 Å². The van der Waals surface area contributed by atoms with E-state index in [9.17, 15) is 14.7 Å². The van der Waals surface area contributed by atoms with Crippen LogP contribution >= 0.6 is 0 Å². The van der Waals surface area contributed by atoms with Crippen LogP contribution < -0.4 is 0 Å². The zero-order chi connectivity index (χ0) is 19.0. The second kappa shape index (κ2) is 5.56. The van der Waals surface area contributed by atoms with Crippen LogP contribution in [0, 0.1) is 33.5 Å². The Morgan fingerprint density at radius 1 is 1.08 bits per heavy atom. The van der Waals surface area contributed by atoms with E-state index in [1.807, 2.05) is 0 Å². The molecule has 2 bridgehead atoms. The predicted octanol–water partition coefficient (Wildman–Crippen LogP) is 3.89. The SMILES string of the molecule is COC(=O)[C@]1(C)CCC[C@@]2(C)[C@@H]3CC[C@@]4(C)C[C@]3(CC[C@@H]21)CC(O)C4=O. The fraction of sp³-hybridized carbons (Fsp3) is 0.909. The highest BCUT2D eigenvalue weighted by Gasteiger charge is 2.67. The van der Waals surface area contributed by atoms with Gasteiger partial charge >= 0.3 is 5.97 Å². The predicted molar refractivity (Wildman–Crippen MR) is 98.3 cm³/mol. The topological polar surface area (TPSA) is 63.6 Å². The molecular formula is C22H34O4. The molecular weight excluding hydrogens is 328 g/mol. The van der Waals surface area contributed by atoms with Crippen LogP contribution in [-0.4, -0.2) is 30.1 Å². The van der Waals surface area contributed by atoms with Crippen LogP contribution in [0.2, 0.25) is 0 Å². The van der Waals surface area contributed by atoms with E-state index in [4.69, 9.17) is 4.74 Å². The first kappa shape index (κ1) is 18.5. The Morgan fingerprint density at radius 3 is 2.46 bits per heavy atom. The summed E-state index contributed by atoms with van der Waals surface area (Å²) in [7, 11) is 1.51. The lowest BCUT2D eigenvalue weighted by Crippen LogP contribution is -2.64. The van der Waals surface area contributed by atoms with Gasteiger partial charge in [-0.25, -0.2) is 0 Å². The van der Waals surface area contributed by atoms with Gasteiger partial charge in [0.25, 0.3) is 0 Å². The summed E-state index contributed by atoms with van der Waals surface area (Å²) in [4.78, 5) is 25.3. The van der Waals surface area contributed by atoms with Crippen LogP contribution in [0.25, 0.3) is 0 Å². The minimum absolute atomic E-state index is 0.0520. The normalized spacial score (nSPS) is 53.4. The van der Waals surface area contributed by atoms with Crippen LogP contribution in [-0.2, 0) is 14.3 Å². The van der Waals surface area contributed by atoms with Crippen LogP contribution in [0.1, 0.15) is 78.6 Å². The van der Waals surface area contributed by atoms with Gasteiger partial charge in [-0.3, -0.25) is 9.59 Å². The number of ether oxygens (including phenoxy) is 1. The molecule has 4 rings (SSSR count). The molecule has 4 aliphatic rings. The van der Waals surface area contributed by atoms with Gasteiger partial charge in [0.15, 0.2) is 5.78 Å².